The lowest BCUT2D eigenvalue weighted by molar-refractivity contribution is -0.125. The number of nitrogens with zero attached hydrogens (tertiary/aromatic N) is 1. The number of hydrogen-bond acceptors (Lipinski definition) is 4. The van der Waals surface area contributed by atoms with Gasteiger partial charge in [0, 0.05) is 17.4 Å². The van der Waals surface area contributed by atoms with E-state index < -0.39 is 5.25 Å². The number of nitrogens with one attached hydrogen (secondary N) is 2. The zero-order valence-corrected chi connectivity index (χ0v) is 15.5. The van der Waals surface area contributed by atoms with E-state index in [1.54, 1.807) is 0 Å². The SMILES string of the molecule is CC(C)CCNC(=O)C[C@H]1SC(=Nc2cccc(Br)c2)NC1=O. The van der Waals surface area contributed by atoms with Crippen molar-refractivity contribution in [3.8, 4) is 0 Å². The van der Waals surface area contributed by atoms with Crippen LogP contribution in [0, 0.1) is 5.92 Å². The van der Waals surface area contributed by atoms with Crippen LogP contribution in [0.1, 0.15) is 26.7 Å². The molecule has 1 aromatic carbocycles. The molecule has 0 aromatic heterocycles. The number of benzene rings is 1. The molecule has 1 aromatic rings. The number of carbonyl (C=O) groups is 2. The second-order valence-corrected chi connectivity index (χ2v) is 7.84. The molecular weight excluding hydrogens is 378 g/mol. The van der Waals surface area contributed by atoms with Gasteiger partial charge in [0.2, 0.25) is 11.8 Å². The van der Waals surface area contributed by atoms with Gasteiger partial charge in [0.05, 0.1) is 5.69 Å². The van der Waals surface area contributed by atoms with E-state index in [0.29, 0.717) is 17.6 Å². The van der Waals surface area contributed by atoms with E-state index in [4.69, 9.17) is 0 Å². The quantitative estimate of drug-likeness (QED) is 0.773. The number of halogens is 1. The van der Waals surface area contributed by atoms with Gasteiger partial charge in [0.15, 0.2) is 5.17 Å². The van der Waals surface area contributed by atoms with Gasteiger partial charge in [-0.15, -0.1) is 0 Å². The second kappa shape index (κ2) is 8.49. The summed E-state index contributed by atoms with van der Waals surface area (Å²) in [5.74, 6) is 0.285. The third-order valence-electron chi connectivity index (χ3n) is 3.23. The molecule has 0 spiro atoms. The van der Waals surface area contributed by atoms with Gasteiger partial charge in [-0.05, 0) is 30.5 Å². The molecule has 23 heavy (non-hydrogen) atoms. The first-order chi connectivity index (χ1) is 10.9. The number of rotatable bonds is 6. The van der Waals surface area contributed by atoms with Gasteiger partial charge < -0.3 is 10.6 Å². The third kappa shape index (κ3) is 5.99. The van der Waals surface area contributed by atoms with Crippen LogP contribution in [0.3, 0.4) is 0 Å². The van der Waals surface area contributed by atoms with E-state index in [9.17, 15) is 9.59 Å². The number of amides is 2. The van der Waals surface area contributed by atoms with Crippen molar-refractivity contribution in [3.05, 3.63) is 28.7 Å². The molecular formula is C16H20BrN3O2S. The summed E-state index contributed by atoms with van der Waals surface area (Å²) in [7, 11) is 0. The minimum absolute atomic E-state index is 0.0954. The molecule has 2 amide bonds. The highest BCUT2D eigenvalue weighted by Gasteiger charge is 2.32. The number of thioether (sulfide) groups is 1. The van der Waals surface area contributed by atoms with Crippen molar-refractivity contribution in [3.63, 3.8) is 0 Å². The Hall–Kier alpha value is -1.34. The maximum Gasteiger partial charge on any atom is 0.240 e. The van der Waals surface area contributed by atoms with E-state index in [-0.39, 0.29) is 18.2 Å². The van der Waals surface area contributed by atoms with Gasteiger partial charge >= 0.3 is 0 Å². The Kier molecular flexibility index (Phi) is 6.65. The van der Waals surface area contributed by atoms with Crippen molar-refractivity contribution in [2.24, 2.45) is 10.9 Å². The predicted octanol–water partition coefficient (Wildman–Crippen LogP) is 3.22. The molecule has 1 aliphatic heterocycles. The highest BCUT2D eigenvalue weighted by atomic mass is 79.9. The summed E-state index contributed by atoms with van der Waals surface area (Å²) >= 11 is 4.69. The molecule has 7 heteroatoms. The summed E-state index contributed by atoms with van der Waals surface area (Å²) in [6, 6.07) is 7.51. The summed E-state index contributed by atoms with van der Waals surface area (Å²) in [6.45, 7) is 4.86. The average Bonchev–Trinajstić information content (AvgIpc) is 2.78. The van der Waals surface area contributed by atoms with Crippen LogP contribution in [-0.2, 0) is 9.59 Å². The topological polar surface area (TPSA) is 70.6 Å². The predicted molar refractivity (Wildman–Crippen MR) is 97.8 cm³/mol. The fourth-order valence-electron chi connectivity index (χ4n) is 2.00. The Labute approximate surface area is 148 Å². The molecule has 2 N–H and O–H groups in total. The molecule has 1 fully saturated rings. The first-order valence-corrected chi connectivity index (χ1v) is 9.20. The smallest absolute Gasteiger partial charge is 0.240 e. The molecule has 1 atom stereocenters. The number of carbonyl (C=O) groups excluding carboxylic acids is 2. The summed E-state index contributed by atoms with van der Waals surface area (Å²) in [6.07, 6.45) is 1.11. The summed E-state index contributed by atoms with van der Waals surface area (Å²) in [5, 5.41) is 5.70. The third-order valence-corrected chi connectivity index (χ3v) is 4.81. The highest BCUT2D eigenvalue weighted by molar-refractivity contribution is 9.10. The van der Waals surface area contributed by atoms with Crippen LogP contribution in [0.2, 0.25) is 0 Å². The fourth-order valence-corrected chi connectivity index (χ4v) is 3.37. The molecule has 1 heterocycles. The van der Waals surface area contributed by atoms with Crippen LogP contribution >= 0.6 is 27.7 Å². The minimum atomic E-state index is -0.417. The Morgan fingerprint density at radius 1 is 1.48 bits per heavy atom. The molecule has 1 aliphatic rings. The van der Waals surface area contributed by atoms with Crippen LogP contribution in [0.5, 0.6) is 0 Å². The van der Waals surface area contributed by atoms with Crippen molar-refractivity contribution in [2.45, 2.75) is 31.9 Å². The van der Waals surface area contributed by atoms with Gasteiger partial charge in [0.25, 0.3) is 0 Å². The summed E-state index contributed by atoms with van der Waals surface area (Å²) in [5.41, 5.74) is 0.754. The normalized spacial score (nSPS) is 19.2. The number of aliphatic imine (C=N–C) groups is 1. The molecule has 5 nitrogen and oxygen atoms in total. The van der Waals surface area contributed by atoms with Crippen molar-refractivity contribution >= 4 is 50.4 Å². The molecule has 0 bridgehead atoms. The van der Waals surface area contributed by atoms with Crippen LogP contribution in [0.25, 0.3) is 0 Å². The maximum atomic E-state index is 12.0. The van der Waals surface area contributed by atoms with Crippen molar-refractivity contribution in [1.82, 2.24) is 10.6 Å². The van der Waals surface area contributed by atoms with Crippen molar-refractivity contribution < 1.29 is 9.59 Å². The highest BCUT2D eigenvalue weighted by Crippen LogP contribution is 2.26. The second-order valence-electron chi connectivity index (χ2n) is 5.73. The molecule has 0 unspecified atom stereocenters. The molecule has 0 radical (unpaired) electrons. The molecule has 2 rings (SSSR count). The molecule has 124 valence electrons. The monoisotopic (exact) mass is 397 g/mol. The summed E-state index contributed by atoms with van der Waals surface area (Å²) in [4.78, 5) is 28.2. The standard InChI is InChI=1S/C16H20BrN3O2S/c1-10(2)6-7-18-14(21)9-13-15(22)20-16(23-13)19-12-5-3-4-11(17)8-12/h3-5,8,10,13H,6-7,9H2,1-2H3,(H,18,21)(H,19,20,22)/t13-/m1/s1. The van der Waals surface area contributed by atoms with Crippen LogP contribution in [0.15, 0.2) is 33.7 Å². The zero-order valence-electron chi connectivity index (χ0n) is 13.1. The fraction of sp³-hybridized carbons (Fsp3) is 0.438. The van der Waals surface area contributed by atoms with Gasteiger partial charge in [-0.1, -0.05) is 47.6 Å². The van der Waals surface area contributed by atoms with Gasteiger partial charge in [-0.25, -0.2) is 4.99 Å². The first kappa shape index (κ1) is 18.0. The molecule has 0 aliphatic carbocycles. The Bertz CT molecular complexity index is 619. The van der Waals surface area contributed by atoms with E-state index in [2.05, 4.69) is 45.4 Å². The van der Waals surface area contributed by atoms with Crippen LogP contribution < -0.4 is 10.6 Å². The number of hydrogen-bond donors (Lipinski definition) is 2. The molecule has 1 saturated heterocycles. The Morgan fingerprint density at radius 3 is 2.96 bits per heavy atom. The zero-order chi connectivity index (χ0) is 16.8. The van der Waals surface area contributed by atoms with Gasteiger partial charge in [-0.3, -0.25) is 9.59 Å². The van der Waals surface area contributed by atoms with E-state index in [1.165, 1.54) is 11.8 Å². The lowest BCUT2D eigenvalue weighted by atomic mass is 10.1. The summed E-state index contributed by atoms with van der Waals surface area (Å²) < 4.78 is 0.926. The first-order valence-electron chi connectivity index (χ1n) is 7.52. The van der Waals surface area contributed by atoms with Crippen molar-refractivity contribution in [1.29, 1.82) is 0 Å². The lowest BCUT2D eigenvalue weighted by Crippen LogP contribution is -2.32. The Balaban J connectivity index is 1.88. The van der Waals surface area contributed by atoms with Gasteiger partial charge in [-0.2, -0.15) is 0 Å². The minimum Gasteiger partial charge on any atom is -0.356 e. The largest absolute Gasteiger partial charge is 0.356 e. The maximum absolute atomic E-state index is 12.0. The lowest BCUT2D eigenvalue weighted by Gasteiger charge is -2.08. The van der Waals surface area contributed by atoms with E-state index in [0.717, 1.165) is 16.6 Å². The van der Waals surface area contributed by atoms with Crippen LogP contribution in [-0.4, -0.2) is 28.8 Å². The Morgan fingerprint density at radius 2 is 2.26 bits per heavy atom. The molecule has 0 saturated carbocycles. The van der Waals surface area contributed by atoms with Crippen LogP contribution in [0.4, 0.5) is 5.69 Å². The van der Waals surface area contributed by atoms with Crippen molar-refractivity contribution in [2.75, 3.05) is 6.54 Å². The average molecular weight is 398 g/mol. The van der Waals surface area contributed by atoms with E-state index >= 15 is 0 Å². The van der Waals surface area contributed by atoms with E-state index in [1.807, 2.05) is 24.3 Å². The van der Waals surface area contributed by atoms with Gasteiger partial charge in [0.1, 0.15) is 5.25 Å². The number of amidine groups is 1.